The molecular formula is C32H58N2O2+2. The lowest BCUT2D eigenvalue weighted by Gasteiger charge is -2.35. The van der Waals surface area contributed by atoms with Gasteiger partial charge in [0, 0.05) is 0 Å². The summed E-state index contributed by atoms with van der Waals surface area (Å²) >= 11 is 0. The maximum Gasteiger partial charge on any atom is 0.135 e. The molecule has 0 aliphatic heterocycles. The Morgan fingerprint density at radius 1 is 0.611 bits per heavy atom. The molecule has 0 fully saturated rings. The predicted molar refractivity (Wildman–Crippen MR) is 156 cm³/mol. The molecule has 1 aromatic rings. The van der Waals surface area contributed by atoms with Crippen LogP contribution in [0.4, 0.5) is 0 Å². The van der Waals surface area contributed by atoms with Gasteiger partial charge in [0.2, 0.25) is 0 Å². The minimum Gasteiger partial charge on any atom is -0.494 e. The predicted octanol–water partition coefficient (Wildman–Crippen LogP) is 7.30. The molecular weight excluding hydrogens is 444 g/mol. The van der Waals surface area contributed by atoms with Crippen molar-refractivity contribution < 1.29 is 18.4 Å². The largest absolute Gasteiger partial charge is 0.494 e. The first-order valence-corrected chi connectivity index (χ1v) is 15.0. The van der Waals surface area contributed by atoms with Crippen LogP contribution in [0.15, 0.2) is 18.2 Å². The topological polar surface area (TPSA) is 18.5 Å². The van der Waals surface area contributed by atoms with Gasteiger partial charge in [-0.05, 0) is 111 Å². The highest BCUT2D eigenvalue weighted by atomic mass is 16.5. The quantitative estimate of drug-likeness (QED) is 0.0941. The molecule has 36 heavy (non-hydrogen) atoms. The van der Waals surface area contributed by atoms with E-state index in [2.05, 4.69) is 47.5 Å². The van der Waals surface area contributed by atoms with Crippen LogP contribution in [-0.4, -0.2) is 74.5 Å². The summed E-state index contributed by atoms with van der Waals surface area (Å²) in [7, 11) is 0. The van der Waals surface area contributed by atoms with E-state index >= 15 is 0 Å². The molecule has 206 valence electrons. The van der Waals surface area contributed by atoms with Crippen molar-refractivity contribution in [2.75, 3.05) is 65.6 Å². The molecule has 1 rings (SSSR count). The molecule has 0 N–H and O–H groups in total. The van der Waals surface area contributed by atoms with E-state index in [9.17, 15) is 0 Å². The Bertz CT molecular complexity index is 716. The number of ether oxygens (including phenoxy) is 2. The molecule has 0 aliphatic rings. The Morgan fingerprint density at radius 2 is 1.06 bits per heavy atom. The lowest BCUT2D eigenvalue weighted by molar-refractivity contribution is -0.923. The Morgan fingerprint density at radius 3 is 1.50 bits per heavy atom. The number of benzene rings is 1. The van der Waals surface area contributed by atoms with Crippen LogP contribution in [0.3, 0.4) is 0 Å². The zero-order chi connectivity index (χ0) is 26.7. The van der Waals surface area contributed by atoms with E-state index in [1.165, 1.54) is 99.8 Å². The molecule has 0 heterocycles. The summed E-state index contributed by atoms with van der Waals surface area (Å²) in [4.78, 5) is 0. The lowest BCUT2D eigenvalue weighted by Crippen LogP contribution is -2.48. The third kappa shape index (κ3) is 11.1. The van der Waals surface area contributed by atoms with Gasteiger partial charge in [-0.25, -0.2) is 0 Å². The van der Waals surface area contributed by atoms with Crippen molar-refractivity contribution in [3.8, 4) is 23.8 Å². The highest BCUT2D eigenvalue weighted by Crippen LogP contribution is 2.24. The van der Waals surface area contributed by atoms with E-state index in [4.69, 9.17) is 15.9 Å². The van der Waals surface area contributed by atoms with E-state index in [0.717, 1.165) is 43.1 Å². The summed E-state index contributed by atoms with van der Waals surface area (Å²) in [6.07, 6.45) is 15.5. The van der Waals surface area contributed by atoms with Gasteiger partial charge < -0.3 is 18.4 Å². The van der Waals surface area contributed by atoms with Crippen LogP contribution >= 0.6 is 0 Å². The van der Waals surface area contributed by atoms with Crippen molar-refractivity contribution in [3.05, 3.63) is 23.8 Å². The van der Waals surface area contributed by atoms with Gasteiger partial charge in [-0.15, -0.1) is 6.42 Å². The average molecular weight is 503 g/mol. The van der Waals surface area contributed by atoms with Crippen molar-refractivity contribution in [3.63, 3.8) is 0 Å². The first-order valence-electron chi connectivity index (χ1n) is 15.0. The number of hydrogen-bond acceptors (Lipinski definition) is 2. The first-order chi connectivity index (χ1) is 17.5. The van der Waals surface area contributed by atoms with Crippen molar-refractivity contribution in [2.45, 2.75) is 92.9 Å². The second kappa shape index (κ2) is 18.5. The minimum absolute atomic E-state index is 0.721. The van der Waals surface area contributed by atoms with Gasteiger partial charge in [0.05, 0.1) is 71.1 Å². The van der Waals surface area contributed by atoms with Gasteiger partial charge in [0.1, 0.15) is 11.5 Å². The summed E-state index contributed by atoms with van der Waals surface area (Å²) in [6.45, 7) is 25.4. The van der Waals surface area contributed by atoms with Crippen LogP contribution in [0, 0.1) is 12.3 Å². The second-order valence-corrected chi connectivity index (χ2v) is 10.4. The molecule has 0 spiro atoms. The van der Waals surface area contributed by atoms with Gasteiger partial charge in [-0.1, -0.05) is 5.92 Å². The molecule has 0 amide bonds. The van der Waals surface area contributed by atoms with E-state index in [-0.39, 0.29) is 0 Å². The van der Waals surface area contributed by atoms with Crippen LogP contribution in [0.25, 0.3) is 0 Å². The van der Waals surface area contributed by atoms with E-state index in [1.807, 2.05) is 18.2 Å². The molecule has 1 aromatic carbocycles. The second-order valence-electron chi connectivity index (χ2n) is 10.4. The SMILES string of the molecule is C#Cc1cc(OCCCCCC[N+](CC)(CC)CC)ccc1OCCCCCC[N+](CC)(CC)CC. The smallest absolute Gasteiger partial charge is 0.135 e. The summed E-state index contributed by atoms with van der Waals surface area (Å²) in [5.74, 6) is 4.42. The Hall–Kier alpha value is -1.70. The van der Waals surface area contributed by atoms with Crippen molar-refractivity contribution in [2.24, 2.45) is 0 Å². The van der Waals surface area contributed by atoms with Crippen LogP contribution in [0.2, 0.25) is 0 Å². The summed E-state index contributed by atoms with van der Waals surface area (Å²) in [5.41, 5.74) is 0.788. The van der Waals surface area contributed by atoms with Gasteiger partial charge >= 0.3 is 0 Å². The number of terminal acetylenes is 1. The van der Waals surface area contributed by atoms with Crippen LogP contribution < -0.4 is 9.47 Å². The lowest BCUT2D eigenvalue weighted by atomic mass is 10.1. The number of nitrogens with zero attached hydrogens (tertiary/aromatic N) is 2. The van der Waals surface area contributed by atoms with Crippen LogP contribution in [-0.2, 0) is 0 Å². The molecule has 0 radical (unpaired) electrons. The Balaban J connectivity index is 2.27. The molecule has 0 unspecified atom stereocenters. The molecule has 0 aromatic heterocycles. The monoisotopic (exact) mass is 502 g/mol. The zero-order valence-corrected chi connectivity index (χ0v) is 24.7. The zero-order valence-electron chi connectivity index (χ0n) is 24.7. The normalized spacial score (nSPS) is 11.9. The Kier molecular flexibility index (Phi) is 16.6. The summed E-state index contributed by atoms with van der Waals surface area (Å²) in [5, 5.41) is 0. The first kappa shape index (κ1) is 32.3. The van der Waals surface area contributed by atoms with Crippen molar-refractivity contribution >= 4 is 0 Å². The molecule has 0 atom stereocenters. The Labute approximate surface area is 224 Å². The highest BCUT2D eigenvalue weighted by Gasteiger charge is 2.20. The van der Waals surface area contributed by atoms with Gasteiger partial charge in [0.15, 0.2) is 0 Å². The molecule has 4 heteroatoms. The van der Waals surface area contributed by atoms with Crippen molar-refractivity contribution in [1.29, 1.82) is 0 Å². The summed E-state index contributed by atoms with van der Waals surface area (Å²) in [6, 6.07) is 5.91. The maximum atomic E-state index is 6.02. The number of unbranched alkanes of at least 4 members (excludes halogenated alkanes) is 6. The van der Waals surface area contributed by atoms with Gasteiger partial charge in [0.25, 0.3) is 0 Å². The molecule has 0 bridgehead atoms. The van der Waals surface area contributed by atoms with E-state index < -0.39 is 0 Å². The fourth-order valence-electron chi connectivity index (χ4n) is 5.31. The minimum atomic E-state index is 0.721. The standard InChI is InChI=1S/C32H58N2O2/c1-8-30-29-31(35-27-21-17-15-19-25-33(9-2,10-3)11-4)23-24-32(30)36-28-22-18-16-20-26-34(12-5,13-6)14-7/h1,23-24,29H,9-22,25-28H2,2-7H3/q+2. The molecule has 0 aliphatic carbocycles. The number of rotatable bonds is 22. The van der Waals surface area contributed by atoms with Crippen molar-refractivity contribution in [1.82, 2.24) is 0 Å². The number of hydrogen-bond donors (Lipinski definition) is 0. The molecule has 0 saturated heterocycles. The third-order valence-corrected chi connectivity index (χ3v) is 8.71. The van der Waals surface area contributed by atoms with Gasteiger partial charge in [-0.2, -0.15) is 0 Å². The van der Waals surface area contributed by atoms with E-state index in [0.29, 0.717) is 0 Å². The van der Waals surface area contributed by atoms with Crippen LogP contribution in [0.1, 0.15) is 98.5 Å². The molecule has 0 saturated carbocycles. The summed E-state index contributed by atoms with van der Waals surface area (Å²) < 4.78 is 14.5. The highest BCUT2D eigenvalue weighted by molar-refractivity contribution is 5.49. The van der Waals surface area contributed by atoms with Crippen LogP contribution in [0.5, 0.6) is 11.5 Å². The number of quaternary nitrogens is 2. The average Bonchev–Trinajstić information content (AvgIpc) is 2.93. The maximum absolute atomic E-state index is 6.02. The fraction of sp³-hybridized carbons (Fsp3) is 0.750. The van der Waals surface area contributed by atoms with Gasteiger partial charge in [-0.3, -0.25) is 0 Å². The van der Waals surface area contributed by atoms with E-state index in [1.54, 1.807) is 0 Å². The third-order valence-electron chi connectivity index (χ3n) is 8.71. The molecule has 4 nitrogen and oxygen atoms in total. The fourth-order valence-corrected chi connectivity index (χ4v) is 5.31.